The van der Waals surface area contributed by atoms with Gasteiger partial charge in [0, 0.05) is 0 Å². The molecule has 0 aliphatic carbocycles. The zero-order valence-electron chi connectivity index (χ0n) is 5.39. The Bertz CT molecular complexity index is 114. The van der Waals surface area contributed by atoms with Crippen LogP contribution in [-0.4, -0.2) is 27.5 Å². The second kappa shape index (κ2) is 4.57. The van der Waals surface area contributed by atoms with Gasteiger partial charge in [-0.2, -0.15) is 0 Å². The van der Waals surface area contributed by atoms with Crippen molar-refractivity contribution in [2.75, 3.05) is 6.61 Å². The molecule has 5 nitrogen and oxygen atoms in total. The third kappa shape index (κ3) is 4.64. The maximum absolute atomic E-state index is 10.1. The third-order valence-electron chi connectivity index (χ3n) is 0.862. The van der Waals surface area contributed by atoms with Crippen LogP contribution in [0, 0.1) is 5.92 Å². The van der Waals surface area contributed by atoms with Crippen LogP contribution in [0.4, 0.5) is 0 Å². The molecule has 6 heteroatoms. The van der Waals surface area contributed by atoms with E-state index in [4.69, 9.17) is 14.9 Å². The SMILES string of the molecule is CC(COP(O)O)C(=O)O. The maximum atomic E-state index is 10.1. The number of carboxylic acid groups (broad SMARTS) is 1. The Kier molecular flexibility index (Phi) is 4.47. The monoisotopic (exact) mass is 168 g/mol. The first-order valence-electron chi connectivity index (χ1n) is 2.57. The minimum atomic E-state index is -2.42. The largest absolute Gasteiger partial charge is 0.481 e. The lowest BCUT2D eigenvalue weighted by Gasteiger charge is -2.06. The lowest BCUT2D eigenvalue weighted by molar-refractivity contribution is -0.142. The Labute approximate surface area is 59.3 Å². The molecule has 0 fully saturated rings. The van der Waals surface area contributed by atoms with E-state index in [9.17, 15) is 4.79 Å². The van der Waals surface area contributed by atoms with Gasteiger partial charge in [0.2, 0.25) is 0 Å². The summed E-state index contributed by atoms with van der Waals surface area (Å²) in [5.74, 6) is -1.72. The highest BCUT2D eigenvalue weighted by Gasteiger charge is 2.12. The molecule has 1 atom stereocenters. The van der Waals surface area contributed by atoms with Crippen molar-refractivity contribution in [2.24, 2.45) is 5.92 Å². The van der Waals surface area contributed by atoms with Crippen LogP contribution in [0.1, 0.15) is 6.92 Å². The van der Waals surface area contributed by atoms with Gasteiger partial charge in [0.15, 0.2) is 0 Å². The van der Waals surface area contributed by atoms with Crippen molar-refractivity contribution in [3.63, 3.8) is 0 Å². The molecular formula is C4H9O5P. The number of hydrogen-bond acceptors (Lipinski definition) is 4. The summed E-state index contributed by atoms with van der Waals surface area (Å²) in [6.07, 6.45) is 0. The van der Waals surface area contributed by atoms with E-state index in [0.717, 1.165) is 0 Å². The summed E-state index contributed by atoms with van der Waals surface area (Å²) in [4.78, 5) is 26.5. The maximum Gasteiger partial charge on any atom is 0.327 e. The molecule has 1 unspecified atom stereocenters. The first-order chi connectivity index (χ1) is 4.54. The predicted octanol–water partition coefficient (Wildman–Crippen LogP) is -0.0648. The molecule has 60 valence electrons. The minimum Gasteiger partial charge on any atom is -0.481 e. The van der Waals surface area contributed by atoms with Crippen molar-refractivity contribution in [1.29, 1.82) is 0 Å². The molecule has 0 saturated carbocycles. The molecule has 0 aromatic heterocycles. The Morgan fingerprint density at radius 3 is 2.50 bits per heavy atom. The van der Waals surface area contributed by atoms with Crippen molar-refractivity contribution in [2.45, 2.75) is 6.92 Å². The Morgan fingerprint density at radius 1 is 1.70 bits per heavy atom. The standard InChI is InChI=1S/C4H9O5P/c1-3(4(5)6)2-9-10(7)8/h3,7-8H,2H2,1H3,(H,5,6). The van der Waals surface area contributed by atoms with Gasteiger partial charge in [-0.15, -0.1) is 0 Å². The molecule has 0 radical (unpaired) electrons. The van der Waals surface area contributed by atoms with Gasteiger partial charge in [-0.05, 0) is 6.92 Å². The van der Waals surface area contributed by atoms with Crippen molar-refractivity contribution >= 4 is 14.6 Å². The second-order valence-electron chi connectivity index (χ2n) is 1.79. The van der Waals surface area contributed by atoms with Gasteiger partial charge in [-0.1, -0.05) is 0 Å². The zero-order chi connectivity index (χ0) is 8.15. The van der Waals surface area contributed by atoms with Crippen molar-refractivity contribution in [3.05, 3.63) is 0 Å². The van der Waals surface area contributed by atoms with Crippen LogP contribution in [0.3, 0.4) is 0 Å². The normalized spacial score (nSPS) is 13.6. The van der Waals surface area contributed by atoms with E-state index in [1.54, 1.807) is 0 Å². The summed E-state index contributed by atoms with van der Waals surface area (Å²) in [6.45, 7) is 1.25. The van der Waals surface area contributed by atoms with E-state index in [1.807, 2.05) is 0 Å². The molecule has 0 saturated heterocycles. The van der Waals surface area contributed by atoms with Crippen molar-refractivity contribution in [1.82, 2.24) is 0 Å². The van der Waals surface area contributed by atoms with Gasteiger partial charge in [0.25, 0.3) is 0 Å². The van der Waals surface area contributed by atoms with E-state index in [0.29, 0.717) is 0 Å². The Balaban J connectivity index is 3.40. The molecular weight excluding hydrogens is 159 g/mol. The fourth-order valence-corrected chi connectivity index (χ4v) is 0.607. The molecule has 0 aromatic carbocycles. The van der Waals surface area contributed by atoms with Crippen molar-refractivity contribution in [3.8, 4) is 0 Å². The molecule has 10 heavy (non-hydrogen) atoms. The van der Waals surface area contributed by atoms with Crippen LogP contribution in [0.5, 0.6) is 0 Å². The number of aliphatic carboxylic acids is 1. The topological polar surface area (TPSA) is 87.0 Å². The van der Waals surface area contributed by atoms with E-state index in [-0.39, 0.29) is 6.61 Å². The lowest BCUT2D eigenvalue weighted by atomic mass is 10.2. The summed E-state index contributed by atoms with van der Waals surface area (Å²) in [7, 11) is -2.42. The predicted molar refractivity (Wildman–Crippen MR) is 34.1 cm³/mol. The minimum absolute atomic E-state index is 0.173. The fourth-order valence-electron chi connectivity index (χ4n) is 0.250. The van der Waals surface area contributed by atoms with Crippen LogP contribution in [0.2, 0.25) is 0 Å². The molecule has 0 spiro atoms. The molecule has 0 rings (SSSR count). The van der Waals surface area contributed by atoms with Gasteiger partial charge in [0.05, 0.1) is 12.5 Å². The van der Waals surface area contributed by atoms with E-state index < -0.39 is 20.5 Å². The molecule has 0 aromatic rings. The molecule has 0 heterocycles. The average molecular weight is 168 g/mol. The van der Waals surface area contributed by atoms with Crippen LogP contribution < -0.4 is 0 Å². The van der Waals surface area contributed by atoms with Gasteiger partial charge >= 0.3 is 14.6 Å². The van der Waals surface area contributed by atoms with Crippen molar-refractivity contribution < 1.29 is 24.2 Å². The number of carboxylic acids is 1. The lowest BCUT2D eigenvalue weighted by Crippen LogP contribution is -2.14. The fraction of sp³-hybridized carbons (Fsp3) is 0.750. The summed E-state index contributed by atoms with van der Waals surface area (Å²) in [5, 5.41) is 8.26. The van der Waals surface area contributed by atoms with Crippen LogP contribution in [-0.2, 0) is 9.32 Å². The van der Waals surface area contributed by atoms with Gasteiger partial charge in [0.1, 0.15) is 0 Å². The summed E-state index contributed by atoms with van der Waals surface area (Å²) >= 11 is 0. The average Bonchev–Trinajstić information content (AvgIpc) is 1.82. The van der Waals surface area contributed by atoms with E-state index in [1.165, 1.54) is 6.92 Å². The molecule has 0 aliphatic heterocycles. The highest BCUT2D eigenvalue weighted by atomic mass is 31.2. The van der Waals surface area contributed by atoms with Gasteiger partial charge in [-0.25, -0.2) is 0 Å². The molecule has 0 bridgehead atoms. The second-order valence-corrected chi connectivity index (χ2v) is 2.55. The molecule has 3 N–H and O–H groups in total. The summed E-state index contributed by atoms with van der Waals surface area (Å²) in [6, 6.07) is 0. The Morgan fingerprint density at radius 2 is 2.20 bits per heavy atom. The quantitative estimate of drug-likeness (QED) is 0.511. The highest BCUT2D eigenvalue weighted by Crippen LogP contribution is 2.24. The van der Waals surface area contributed by atoms with Gasteiger partial charge in [-0.3, -0.25) is 4.79 Å². The highest BCUT2D eigenvalue weighted by molar-refractivity contribution is 7.39. The third-order valence-corrected chi connectivity index (χ3v) is 1.24. The first kappa shape index (κ1) is 9.78. The van der Waals surface area contributed by atoms with E-state index in [2.05, 4.69) is 4.52 Å². The number of carbonyl (C=O) groups is 1. The number of rotatable bonds is 4. The van der Waals surface area contributed by atoms with Crippen LogP contribution >= 0.6 is 8.60 Å². The first-order valence-corrected chi connectivity index (χ1v) is 3.74. The van der Waals surface area contributed by atoms with Gasteiger partial charge < -0.3 is 19.4 Å². The summed E-state index contributed by atoms with van der Waals surface area (Å²) in [5.41, 5.74) is 0. The molecule has 0 aliphatic rings. The van der Waals surface area contributed by atoms with Crippen LogP contribution in [0.25, 0.3) is 0 Å². The Hall–Kier alpha value is -0.220. The zero-order valence-corrected chi connectivity index (χ0v) is 6.28. The van der Waals surface area contributed by atoms with E-state index >= 15 is 0 Å². The smallest absolute Gasteiger partial charge is 0.327 e. The molecule has 0 amide bonds. The number of hydrogen-bond donors (Lipinski definition) is 3. The summed E-state index contributed by atoms with van der Waals surface area (Å²) < 4.78 is 4.26. The van der Waals surface area contributed by atoms with Crippen LogP contribution in [0.15, 0.2) is 0 Å².